The highest BCUT2D eigenvalue weighted by molar-refractivity contribution is 6.15. The first-order valence-corrected chi connectivity index (χ1v) is 4.64. The molecular weight excluding hydrogens is 221 g/mol. The highest BCUT2D eigenvalue weighted by atomic mass is 19.4. The lowest BCUT2D eigenvalue weighted by atomic mass is 9.99. The molecule has 2 nitrogen and oxygen atoms in total. The van der Waals surface area contributed by atoms with Crippen molar-refractivity contribution in [2.45, 2.75) is 12.6 Å². The van der Waals surface area contributed by atoms with Crippen LogP contribution in [0, 0.1) is 5.92 Å². The van der Waals surface area contributed by atoms with Gasteiger partial charge in [-0.25, -0.2) is 0 Å². The number of Topliss-reactive ketones (excluding diaryl/α,β-unsaturated/α-hetero) is 2. The number of carbonyl (C=O) groups is 2. The number of rotatable bonds is 1. The average molecular weight is 228 g/mol. The van der Waals surface area contributed by atoms with E-state index < -0.39 is 23.7 Å². The van der Waals surface area contributed by atoms with Crippen molar-refractivity contribution in [3.05, 3.63) is 35.4 Å². The third-order valence-electron chi connectivity index (χ3n) is 2.62. The summed E-state index contributed by atoms with van der Waals surface area (Å²) in [4.78, 5) is 22.6. The van der Waals surface area contributed by atoms with Crippen molar-refractivity contribution < 1.29 is 22.8 Å². The topological polar surface area (TPSA) is 34.1 Å². The van der Waals surface area contributed by atoms with Gasteiger partial charge in [0.15, 0.2) is 5.78 Å². The predicted molar refractivity (Wildman–Crippen MR) is 49.0 cm³/mol. The third-order valence-corrected chi connectivity index (χ3v) is 2.62. The van der Waals surface area contributed by atoms with Crippen LogP contribution in [0.3, 0.4) is 0 Å². The van der Waals surface area contributed by atoms with Crippen LogP contribution in [-0.4, -0.2) is 17.7 Å². The minimum Gasteiger partial charge on any atom is -0.293 e. The summed E-state index contributed by atoms with van der Waals surface area (Å²) in [6.45, 7) is 0. The molecule has 0 fully saturated rings. The molecule has 0 radical (unpaired) electrons. The molecule has 0 saturated heterocycles. The molecule has 1 atom stereocenters. The molecule has 0 unspecified atom stereocenters. The molecule has 0 N–H and O–H groups in total. The number of benzene rings is 1. The van der Waals surface area contributed by atoms with E-state index in [0.717, 1.165) is 0 Å². The molecule has 0 aliphatic heterocycles. The molecule has 0 spiro atoms. The Bertz CT molecular complexity index is 463. The fourth-order valence-electron chi connectivity index (χ4n) is 1.85. The van der Waals surface area contributed by atoms with E-state index in [1.807, 2.05) is 0 Å². The number of carbonyl (C=O) groups excluding carboxylic acids is 2. The van der Waals surface area contributed by atoms with E-state index in [9.17, 15) is 22.8 Å². The Hall–Kier alpha value is -1.65. The van der Waals surface area contributed by atoms with Gasteiger partial charge in [-0.3, -0.25) is 9.59 Å². The van der Waals surface area contributed by atoms with Crippen LogP contribution in [0.25, 0.3) is 0 Å². The summed E-state index contributed by atoms with van der Waals surface area (Å²) in [5.41, 5.74) is 0.736. The van der Waals surface area contributed by atoms with Gasteiger partial charge in [-0.2, -0.15) is 13.2 Å². The molecule has 0 aromatic heterocycles. The summed E-state index contributed by atoms with van der Waals surface area (Å²) in [5.74, 6) is -4.26. The maximum Gasteiger partial charge on any atom is 0.450 e. The van der Waals surface area contributed by atoms with Gasteiger partial charge in [-0.15, -0.1) is 0 Å². The Kier molecular flexibility index (Phi) is 2.33. The first-order valence-electron chi connectivity index (χ1n) is 4.64. The van der Waals surface area contributed by atoms with Crippen molar-refractivity contribution in [3.63, 3.8) is 0 Å². The van der Waals surface area contributed by atoms with Crippen LogP contribution >= 0.6 is 0 Å². The second-order valence-corrected chi connectivity index (χ2v) is 3.64. The highest BCUT2D eigenvalue weighted by Gasteiger charge is 2.48. The van der Waals surface area contributed by atoms with E-state index in [-0.39, 0.29) is 12.0 Å². The van der Waals surface area contributed by atoms with E-state index in [1.54, 1.807) is 18.2 Å². The van der Waals surface area contributed by atoms with Crippen molar-refractivity contribution in [3.8, 4) is 0 Å². The Morgan fingerprint density at radius 3 is 2.44 bits per heavy atom. The summed E-state index contributed by atoms with van der Waals surface area (Å²) in [6.07, 6.45) is -5.09. The lowest BCUT2D eigenvalue weighted by Crippen LogP contribution is -2.33. The van der Waals surface area contributed by atoms with Crippen LogP contribution in [0.4, 0.5) is 13.2 Å². The fraction of sp³-hybridized carbons (Fsp3) is 0.273. The first kappa shape index (κ1) is 10.9. The smallest absolute Gasteiger partial charge is 0.293 e. The lowest BCUT2D eigenvalue weighted by Gasteiger charge is -2.09. The van der Waals surface area contributed by atoms with Crippen molar-refractivity contribution in [1.29, 1.82) is 0 Å². The van der Waals surface area contributed by atoms with Gasteiger partial charge >= 0.3 is 6.18 Å². The van der Waals surface area contributed by atoms with Crippen LogP contribution in [0.5, 0.6) is 0 Å². The van der Waals surface area contributed by atoms with Gasteiger partial charge in [-0.1, -0.05) is 24.3 Å². The van der Waals surface area contributed by atoms with Crippen molar-refractivity contribution in [2.24, 2.45) is 5.92 Å². The molecule has 0 saturated carbocycles. The Morgan fingerprint density at radius 2 is 1.88 bits per heavy atom. The van der Waals surface area contributed by atoms with E-state index in [0.29, 0.717) is 5.56 Å². The Balaban J connectivity index is 2.33. The minimum absolute atomic E-state index is 0.145. The van der Waals surface area contributed by atoms with Crippen LogP contribution < -0.4 is 0 Å². The predicted octanol–water partition coefficient (Wildman–Crippen LogP) is 2.17. The number of ketones is 2. The number of hydrogen-bond acceptors (Lipinski definition) is 2. The summed E-state index contributed by atoms with van der Waals surface area (Å²) in [5, 5.41) is 0. The molecule has 0 amide bonds. The van der Waals surface area contributed by atoms with E-state index in [2.05, 4.69) is 0 Å². The lowest BCUT2D eigenvalue weighted by molar-refractivity contribution is -0.173. The first-order chi connectivity index (χ1) is 7.41. The summed E-state index contributed by atoms with van der Waals surface area (Å²) >= 11 is 0. The summed E-state index contributed by atoms with van der Waals surface area (Å²) in [6, 6.07) is 6.21. The fourth-order valence-corrected chi connectivity index (χ4v) is 1.85. The molecular formula is C11H7F3O2. The van der Waals surface area contributed by atoms with E-state index in [1.165, 1.54) is 6.07 Å². The second-order valence-electron chi connectivity index (χ2n) is 3.64. The van der Waals surface area contributed by atoms with Crippen LogP contribution in [0.1, 0.15) is 15.9 Å². The van der Waals surface area contributed by atoms with Crippen LogP contribution in [0.15, 0.2) is 24.3 Å². The minimum atomic E-state index is -4.94. The second kappa shape index (κ2) is 3.43. The standard InChI is InChI=1S/C11H7F3O2/c12-11(13,14)10(16)8-5-6-3-1-2-4-7(6)9(8)15/h1-4,8H,5H2/t8-/m0/s1. The summed E-state index contributed by atoms with van der Waals surface area (Å²) in [7, 11) is 0. The largest absolute Gasteiger partial charge is 0.450 e. The van der Waals surface area contributed by atoms with Gasteiger partial charge in [0.1, 0.15) is 0 Å². The molecule has 1 aromatic carbocycles. The molecule has 1 aromatic rings. The number of fused-ring (bicyclic) bond motifs is 1. The van der Waals surface area contributed by atoms with E-state index in [4.69, 9.17) is 0 Å². The van der Waals surface area contributed by atoms with Gasteiger partial charge in [0, 0.05) is 5.56 Å². The summed E-state index contributed by atoms with van der Waals surface area (Å²) < 4.78 is 36.6. The zero-order valence-electron chi connectivity index (χ0n) is 8.04. The maximum absolute atomic E-state index is 12.2. The molecule has 0 heterocycles. The Morgan fingerprint density at radius 1 is 1.25 bits per heavy atom. The third kappa shape index (κ3) is 1.62. The van der Waals surface area contributed by atoms with Crippen LogP contribution in [0.2, 0.25) is 0 Å². The Labute approximate surface area is 89.1 Å². The van der Waals surface area contributed by atoms with Gasteiger partial charge in [0.25, 0.3) is 0 Å². The van der Waals surface area contributed by atoms with Crippen LogP contribution in [-0.2, 0) is 11.2 Å². The average Bonchev–Trinajstić information content (AvgIpc) is 2.54. The molecule has 5 heteroatoms. The van der Waals surface area contributed by atoms with E-state index >= 15 is 0 Å². The SMILES string of the molecule is O=C1c2ccccc2C[C@@H]1C(=O)C(F)(F)F. The van der Waals surface area contributed by atoms with Gasteiger partial charge in [-0.05, 0) is 12.0 Å². The number of halogens is 3. The number of alkyl halides is 3. The normalized spacial score (nSPS) is 19.7. The molecule has 1 aliphatic carbocycles. The van der Waals surface area contributed by atoms with Gasteiger partial charge in [0.05, 0.1) is 5.92 Å². The zero-order chi connectivity index (χ0) is 11.9. The van der Waals surface area contributed by atoms with Gasteiger partial charge in [0.2, 0.25) is 5.78 Å². The highest BCUT2D eigenvalue weighted by Crippen LogP contribution is 2.32. The van der Waals surface area contributed by atoms with Crippen molar-refractivity contribution >= 4 is 11.6 Å². The molecule has 2 rings (SSSR count). The van der Waals surface area contributed by atoms with Gasteiger partial charge < -0.3 is 0 Å². The maximum atomic E-state index is 12.2. The zero-order valence-corrected chi connectivity index (χ0v) is 8.04. The van der Waals surface area contributed by atoms with Crippen molar-refractivity contribution in [2.75, 3.05) is 0 Å². The monoisotopic (exact) mass is 228 g/mol. The quantitative estimate of drug-likeness (QED) is 0.690. The molecule has 16 heavy (non-hydrogen) atoms. The molecule has 1 aliphatic rings. The number of hydrogen-bond donors (Lipinski definition) is 0. The molecule has 0 bridgehead atoms. The molecule has 84 valence electrons. The van der Waals surface area contributed by atoms with Crippen molar-refractivity contribution in [1.82, 2.24) is 0 Å².